The van der Waals surface area contributed by atoms with Gasteiger partial charge in [-0.2, -0.15) is 13.2 Å². The number of carbonyl (C=O) groups is 1. The van der Waals surface area contributed by atoms with Crippen molar-refractivity contribution in [3.8, 4) is 0 Å². The van der Waals surface area contributed by atoms with Crippen molar-refractivity contribution >= 4 is 11.6 Å². The molecule has 8 heteroatoms. The smallest absolute Gasteiger partial charge is 0.416 e. The van der Waals surface area contributed by atoms with Crippen molar-refractivity contribution in [3.05, 3.63) is 70.5 Å². The summed E-state index contributed by atoms with van der Waals surface area (Å²) in [7, 11) is 0. The predicted molar refractivity (Wildman–Crippen MR) is 98.6 cm³/mol. The van der Waals surface area contributed by atoms with Gasteiger partial charge in [0.25, 0.3) is 0 Å². The maximum atomic E-state index is 13.7. The molecule has 0 spiro atoms. The SMILES string of the molecule is O=C(NC1CCCCC1)C([N-]c1cccc(C(F)(F)F)c1)c1ccc(F)c(F)c1. The maximum Gasteiger partial charge on any atom is 0.416 e. The van der Waals surface area contributed by atoms with E-state index in [-0.39, 0.29) is 17.3 Å². The third-order valence-corrected chi connectivity index (χ3v) is 4.91. The van der Waals surface area contributed by atoms with E-state index in [0.29, 0.717) is 0 Å². The Labute approximate surface area is 165 Å². The van der Waals surface area contributed by atoms with Crippen LogP contribution in [0.4, 0.5) is 27.6 Å². The highest BCUT2D eigenvalue weighted by Gasteiger charge is 2.30. The second-order valence-electron chi connectivity index (χ2n) is 7.10. The summed E-state index contributed by atoms with van der Waals surface area (Å²) in [6, 6.07) is 5.79. The number of hydrogen-bond acceptors (Lipinski definition) is 1. The topological polar surface area (TPSA) is 43.2 Å². The van der Waals surface area contributed by atoms with E-state index in [4.69, 9.17) is 0 Å². The molecule has 0 saturated heterocycles. The Balaban J connectivity index is 1.87. The van der Waals surface area contributed by atoms with E-state index in [0.717, 1.165) is 56.4 Å². The molecule has 0 bridgehead atoms. The fourth-order valence-electron chi connectivity index (χ4n) is 3.41. The first-order chi connectivity index (χ1) is 13.7. The Bertz CT molecular complexity index is 862. The van der Waals surface area contributed by atoms with Gasteiger partial charge in [-0.05, 0) is 31.0 Å². The van der Waals surface area contributed by atoms with Crippen molar-refractivity contribution in [2.75, 3.05) is 0 Å². The van der Waals surface area contributed by atoms with Gasteiger partial charge in [0.05, 0.1) is 5.56 Å². The second-order valence-corrected chi connectivity index (χ2v) is 7.10. The lowest BCUT2D eigenvalue weighted by atomic mass is 9.95. The van der Waals surface area contributed by atoms with Crippen LogP contribution in [0, 0.1) is 11.6 Å². The Morgan fingerprint density at radius 2 is 1.72 bits per heavy atom. The molecule has 1 atom stereocenters. The number of halogens is 5. The van der Waals surface area contributed by atoms with Gasteiger partial charge in [-0.25, -0.2) is 8.78 Å². The second kappa shape index (κ2) is 8.80. The number of nitrogens with zero attached hydrogens (tertiary/aromatic N) is 1. The van der Waals surface area contributed by atoms with Crippen LogP contribution in [0.2, 0.25) is 0 Å². The van der Waals surface area contributed by atoms with Crippen molar-refractivity contribution < 1.29 is 26.7 Å². The summed E-state index contributed by atoms with van der Waals surface area (Å²) in [5.41, 5.74) is -0.918. The van der Waals surface area contributed by atoms with E-state index >= 15 is 0 Å². The Morgan fingerprint density at radius 1 is 1.00 bits per heavy atom. The number of amides is 1. The third-order valence-electron chi connectivity index (χ3n) is 4.91. The molecule has 1 N–H and O–H groups in total. The molecular weight excluding hydrogens is 391 g/mol. The van der Waals surface area contributed by atoms with Crippen LogP contribution in [0.15, 0.2) is 42.5 Å². The zero-order valence-corrected chi connectivity index (χ0v) is 15.5. The molecule has 3 nitrogen and oxygen atoms in total. The monoisotopic (exact) mass is 411 g/mol. The summed E-state index contributed by atoms with van der Waals surface area (Å²) in [5.74, 6) is -2.79. The molecule has 156 valence electrons. The zero-order valence-electron chi connectivity index (χ0n) is 15.5. The van der Waals surface area contributed by atoms with Crippen LogP contribution in [-0.4, -0.2) is 11.9 Å². The van der Waals surface area contributed by atoms with E-state index in [1.54, 1.807) is 0 Å². The molecule has 29 heavy (non-hydrogen) atoms. The molecule has 3 rings (SSSR count). The summed E-state index contributed by atoms with van der Waals surface area (Å²) in [6.07, 6.45) is 0.0255. The first-order valence-corrected chi connectivity index (χ1v) is 9.37. The van der Waals surface area contributed by atoms with E-state index in [1.807, 2.05) is 0 Å². The minimum Gasteiger partial charge on any atom is -0.670 e. The first-order valence-electron chi connectivity index (χ1n) is 9.37. The van der Waals surface area contributed by atoms with Crippen LogP contribution in [0.1, 0.15) is 49.3 Å². The fraction of sp³-hybridized carbons (Fsp3) is 0.381. The summed E-state index contributed by atoms with van der Waals surface area (Å²) in [4.78, 5) is 12.9. The van der Waals surface area contributed by atoms with Gasteiger partial charge in [-0.3, -0.25) is 4.79 Å². The summed E-state index contributed by atoms with van der Waals surface area (Å²) >= 11 is 0. The van der Waals surface area contributed by atoms with Crippen LogP contribution < -0.4 is 5.32 Å². The molecule has 0 radical (unpaired) electrons. The van der Waals surface area contributed by atoms with Gasteiger partial charge in [-0.15, -0.1) is 5.69 Å². The molecule has 1 aliphatic carbocycles. The predicted octanol–water partition coefficient (Wildman–Crippen LogP) is 6.18. The van der Waals surface area contributed by atoms with Crippen LogP contribution >= 0.6 is 0 Å². The van der Waals surface area contributed by atoms with E-state index in [2.05, 4.69) is 10.6 Å². The zero-order chi connectivity index (χ0) is 21.0. The Morgan fingerprint density at radius 3 is 2.38 bits per heavy atom. The van der Waals surface area contributed by atoms with E-state index < -0.39 is 35.3 Å². The van der Waals surface area contributed by atoms with Crippen molar-refractivity contribution in [1.82, 2.24) is 5.32 Å². The molecule has 1 amide bonds. The molecule has 1 aliphatic rings. The van der Waals surface area contributed by atoms with Crippen LogP contribution in [-0.2, 0) is 11.0 Å². The summed E-state index contributed by atoms with van der Waals surface area (Å²) < 4.78 is 66.0. The van der Waals surface area contributed by atoms with E-state index in [9.17, 15) is 26.7 Å². The van der Waals surface area contributed by atoms with Crippen molar-refractivity contribution in [2.45, 2.75) is 50.4 Å². The molecule has 0 aliphatic heterocycles. The quantitative estimate of drug-likeness (QED) is 0.587. The Kier molecular flexibility index (Phi) is 6.39. The van der Waals surface area contributed by atoms with Gasteiger partial charge in [0.15, 0.2) is 11.6 Å². The molecular formula is C21H20F5N2O-. The normalized spacial score (nSPS) is 16.3. The average Bonchev–Trinajstić information content (AvgIpc) is 2.68. The maximum absolute atomic E-state index is 13.7. The summed E-state index contributed by atoms with van der Waals surface area (Å²) in [6.45, 7) is 0. The molecule has 1 saturated carbocycles. The molecule has 2 aromatic carbocycles. The van der Waals surface area contributed by atoms with Gasteiger partial charge in [0.1, 0.15) is 0 Å². The Hall–Kier alpha value is -2.64. The van der Waals surface area contributed by atoms with Gasteiger partial charge in [0.2, 0.25) is 5.91 Å². The van der Waals surface area contributed by atoms with Crippen molar-refractivity contribution in [1.29, 1.82) is 0 Å². The third kappa shape index (κ3) is 5.46. The van der Waals surface area contributed by atoms with Crippen LogP contribution in [0.25, 0.3) is 5.32 Å². The minimum atomic E-state index is -4.56. The molecule has 1 unspecified atom stereocenters. The molecule has 0 heterocycles. The lowest BCUT2D eigenvalue weighted by molar-refractivity contribution is -0.137. The van der Waals surface area contributed by atoms with Crippen molar-refractivity contribution in [3.63, 3.8) is 0 Å². The van der Waals surface area contributed by atoms with E-state index in [1.165, 1.54) is 18.2 Å². The van der Waals surface area contributed by atoms with Crippen molar-refractivity contribution in [2.24, 2.45) is 0 Å². The molecule has 2 aromatic rings. The number of carbonyl (C=O) groups excluding carboxylic acids is 1. The highest BCUT2D eigenvalue weighted by atomic mass is 19.4. The van der Waals surface area contributed by atoms with Gasteiger partial charge < -0.3 is 10.6 Å². The van der Waals surface area contributed by atoms with Crippen LogP contribution in [0.3, 0.4) is 0 Å². The molecule has 0 aromatic heterocycles. The van der Waals surface area contributed by atoms with Crippen LogP contribution in [0.5, 0.6) is 0 Å². The standard InChI is InChI=1S/C21H20F5N2O/c22-17-10-9-13(11-18(17)23)19(20(29)28-15-6-2-1-3-7-15)27-16-8-4-5-14(12-16)21(24,25)26/h4-5,8-12,15,19H,1-3,6-7H2,(H,28,29)/q-1. The number of benzene rings is 2. The fourth-order valence-corrected chi connectivity index (χ4v) is 3.41. The van der Waals surface area contributed by atoms with Gasteiger partial charge >= 0.3 is 6.18 Å². The average molecular weight is 411 g/mol. The number of nitrogens with one attached hydrogen (secondary N) is 1. The highest BCUT2D eigenvalue weighted by Crippen LogP contribution is 2.37. The lowest BCUT2D eigenvalue weighted by Crippen LogP contribution is -2.38. The van der Waals surface area contributed by atoms with Gasteiger partial charge in [0, 0.05) is 6.04 Å². The largest absolute Gasteiger partial charge is 0.670 e. The molecule has 1 fully saturated rings. The first kappa shape index (κ1) is 21.1. The number of hydrogen-bond donors (Lipinski definition) is 1. The van der Waals surface area contributed by atoms with Gasteiger partial charge in [-0.1, -0.05) is 55.2 Å². The number of alkyl halides is 3. The highest BCUT2D eigenvalue weighted by molar-refractivity contribution is 5.87. The summed E-state index contributed by atoms with van der Waals surface area (Å²) in [5, 5.41) is 6.98. The number of rotatable bonds is 5. The minimum absolute atomic E-state index is 0.0645. The lowest BCUT2D eigenvalue weighted by Gasteiger charge is -2.35.